The van der Waals surface area contributed by atoms with Crippen LogP contribution in [0.3, 0.4) is 0 Å². The van der Waals surface area contributed by atoms with Gasteiger partial charge in [0.15, 0.2) is 6.19 Å². The minimum absolute atomic E-state index is 0.0578. The fourth-order valence-electron chi connectivity index (χ4n) is 2.51. The van der Waals surface area contributed by atoms with E-state index in [0.717, 1.165) is 0 Å². The largest absolute Gasteiger partial charge is 0.393 e. The van der Waals surface area contributed by atoms with Crippen LogP contribution in [0, 0.1) is 22.3 Å². The van der Waals surface area contributed by atoms with Crippen molar-refractivity contribution >= 4 is 11.8 Å². The lowest BCUT2D eigenvalue weighted by Crippen LogP contribution is -2.35. The molecule has 0 aromatic heterocycles. The third-order valence-corrected chi connectivity index (χ3v) is 4.66. The Bertz CT molecular complexity index is 483. The highest BCUT2D eigenvalue weighted by atomic mass is 16.3. The van der Waals surface area contributed by atoms with Gasteiger partial charge in [-0.3, -0.25) is 14.9 Å². The minimum Gasteiger partial charge on any atom is -0.393 e. The van der Waals surface area contributed by atoms with Crippen LogP contribution in [0.25, 0.3) is 0 Å². The molecule has 0 radical (unpaired) electrons. The van der Waals surface area contributed by atoms with Crippen LogP contribution in [0.4, 0.5) is 0 Å². The standard InChI is InChI=1S/C18H33N3O4/c1-17(2,15(24)20-5)10-8-13(22)6-7-14(23)9-11-18(3,4)16(25)21-12-19/h13-14,22-23H,6-11H2,1-5H3,(H,20,24)(H,21,25). The molecule has 0 fully saturated rings. The summed E-state index contributed by atoms with van der Waals surface area (Å²) in [5.74, 6) is -0.420. The number of rotatable bonds is 11. The smallest absolute Gasteiger partial charge is 0.238 e. The van der Waals surface area contributed by atoms with Crippen LogP contribution in [-0.2, 0) is 9.59 Å². The van der Waals surface area contributed by atoms with Crippen molar-refractivity contribution in [1.29, 1.82) is 5.26 Å². The Morgan fingerprint density at radius 1 is 0.920 bits per heavy atom. The van der Waals surface area contributed by atoms with Crippen LogP contribution >= 0.6 is 0 Å². The van der Waals surface area contributed by atoms with Gasteiger partial charge in [0, 0.05) is 17.9 Å². The van der Waals surface area contributed by atoms with E-state index < -0.39 is 23.0 Å². The number of nitrogens with zero attached hydrogens (tertiary/aromatic N) is 1. The Labute approximate surface area is 150 Å². The molecule has 0 aromatic rings. The topological polar surface area (TPSA) is 122 Å². The van der Waals surface area contributed by atoms with Crippen LogP contribution in [0.2, 0.25) is 0 Å². The Morgan fingerprint density at radius 2 is 1.32 bits per heavy atom. The number of aliphatic hydroxyl groups excluding tert-OH is 2. The molecule has 7 heteroatoms. The zero-order valence-corrected chi connectivity index (χ0v) is 16.1. The van der Waals surface area contributed by atoms with Gasteiger partial charge in [-0.25, -0.2) is 0 Å². The molecule has 0 aliphatic rings. The lowest BCUT2D eigenvalue weighted by atomic mass is 9.84. The van der Waals surface area contributed by atoms with E-state index in [9.17, 15) is 19.8 Å². The second-order valence-corrected chi connectivity index (χ2v) is 7.88. The van der Waals surface area contributed by atoms with E-state index in [0.29, 0.717) is 38.5 Å². The Balaban J connectivity index is 4.17. The average Bonchev–Trinajstić information content (AvgIpc) is 2.55. The summed E-state index contributed by atoms with van der Waals surface area (Å²) in [5.41, 5.74) is -1.26. The third kappa shape index (κ3) is 8.84. The van der Waals surface area contributed by atoms with Gasteiger partial charge in [0.25, 0.3) is 0 Å². The van der Waals surface area contributed by atoms with Crippen molar-refractivity contribution in [3.63, 3.8) is 0 Å². The average molecular weight is 355 g/mol. The number of carbonyl (C=O) groups excluding carboxylic acids is 2. The maximum Gasteiger partial charge on any atom is 0.238 e. The van der Waals surface area contributed by atoms with E-state index in [1.807, 2.05) is 13.8 Å². The van der Waals surface area contributed by atoms with Gasteiger partial charge >= 0.3 is 0 Å². The van der Waals surface area contributed by atoms with Crippen molar-refractivity contribution in [2.24, 2.45) is 10.8 Å². The summed E-state index contributed by atoms with van der Waals surface area (Å²) >= 11 is 0. The highest BCUT2D eigenvalue weighted by molar-refractivity contribution is 5.83. The molecule has 2 unspecified atom stereocenters. The first kappa shape index (κ1) is 23.4. The maximum absolute atomic E-state index is 11.7. The van der Waals surface area contributed by atoms with Crippen molar-refractivity contribution in [1.82, 2.24) is 10.6 Å². The third-order valence-electron chi connectivity index (χ3n) is 4.66. The predicted octanol–water partition coefficient (Wildman–Crippen LogP) is 1.44. The molecule has 0 rings (SSSR count). The van der Waals surface area contributed by atoms with Crippen molar-refractivity contribution < 1.29 is 19.8 Å². The SMILES string of the molecule is CNC(=O)C(C)(C)CCC(O)CCC(O)CCC(C)(C)C(=O)NC#N. The first-order valence-corrected chi connectivity index (χ1v) is 8.74. The fourth-order valence-corrected chi connectivity index (χ4v) is 2.51. The van der Waals surface area contributed by atoms with Crippen molar-refractivity contribution in [3.05, 3.63) is 0 Å². The van der Waals surface area contributed by atoms with Crippen LogP contribution in [0.5, 0.6) is 0 Å². The van der Waals surface area contributed by atoms with Gasteiger partial charge in [-0.05, 0) is 38.5 Å². The molecule has 0 aromatic carbocycles. The number of amides is 2. The summed E-state index contributed by atoms with van der Waals surface area (Å²) in [5, 5.41) is 33.3. The molecule has 0 spiro atoms. The first-order chi connectivity index (χ1) is 11.5. The van der Waals surface area contributed by atoms with E-state index in [1.165, 1.54) is 0 Å². The van der Waals surface area contributed by atoms with Crippen LogP contribution in [0.1, 0.15) is 66.2 Å². The lowest BCUT2D eigenvalue weighted by molar-refractivity contribution is -0.130. The van der Waals surface area contributed by atoms with Gasteiger partial charge in [0.05, 0.1) is 12.2 Å². The Morgan fingerprint density at radius 3 is 1.68 bits per heavy atom. The summed E-state index contributed by atoms with van der Waals surface area (Å²) < 4.78 is 0. The molecule has 0 saturated carbocycles. The molecular formula is C18H33N3O4. The monoisotopic (exact) mass is 355 g/mol. The van der Waals surface area contributed by atoms with E-state index in [2.05, 4.69) is 10.6 Å². The molecule has 0 heterocycles. The fraction of sp³-hybridized carbons (Fsp3) is 0.833. The summed E-state index contributed by atoms with van der Waals surface area (Å²) in [6.45, 7) is 7.12. The zero-order chi connectivity index (χ0) is 19.7. The molecule has 2 amide bonds. The van der Waals surface area contributed by atoms with Crippen molar-refractivity contribution in [2.75, 3.05) is 7.05 Å². The minimum atomic E-state index is -0.729. The number of nitrogens with one attached hydrogen (secondary N) is 2. The quantitative estimate of drug-likeness (QED) is 0.330. The number of hydrogen-bond acceptors (Lipinski definition) is 5. The number of aliphatic hydroxyl groups is 2. The number of carbonyl (C=O) groups is 2. The molecule has 144 valence electrons. The van der Waals surface area contributed by atoms with E-state index in [1.54, 1.807) is 27.1 Å². The molecule has 2 atom stereocenters. The van der Waals surface area contributed by atoms with Gasteiger partial charge in [0.2, 0.25) is 11.8 Å². The van der Waals surface area contributed by atoms with E-state index >= 15 is 0 Å². The summed E-state index contributed by atoms with van der Waals surface area (Å²) in [6, 6.07) is 0. The molecule has 0 aliphatic heterocycles. The molecule has 0 aliphatic carbocycles. The normalized spacial score (nSPS) is 14.3. The maximum atomic E-state index is 11.7. The first-order valence-electron chi connectivity index (χ1n) is 8.74. The van der Waals surface area contributed by atoms with Crippen LogP contribution in [-0.4, -0.2) is 41.3 Å². The zero-order valence-electron chi connectivity index (χ0n) is 16.1. The molecule has 0 saturated heterocycles. The highest BCUT2D eigenvalue weighted by Crippen LogP contribution is 2.26. The lowest BCUT2D eigenvalue weighted by Gasteiger charge is -2.25. The molecule has 4 N–H and O–H groups in total. The molecule has 7 nitrogen and oxygen atoms in total. The summed E-state index contributed by atoms with van der Waals surface area (Å²) in [4.78, 5) is 23.4. The van der Waals surface area contributed by atoms with Crippen molar-refractivity contribution in [2.45, 2.75) is 78.4 Å². The second-order valence-electron chi connectivity index (χ2n) is 7.88. The van der Waals surface area contributed by atoms with Gasteiger partial charge in [0.1, 0.15) is 0 Å². The number of hydrogen-bond donors (Lipinski definition) is 4. The van der Waals surface area contributed by atoms with Crippen LogP contribution in [0.15, 0.2) is 0 Å². The van der Waals surface area contributed by atoms with Gasteiger partial charge < -0.3 is 15.5 Å². The Hall–Kier alpha value is -1.65. The second kappa shape index (κ2) is 10.4. The van der Waals surface area contributed by atoms with E-state index in [4.69, 9.17) is 5.26 Å². The summed E-state index contributed by atoms with van der Waals surface area (Å²) in [7, 11) is 1.59. The predicted molar refractivity (Wildman–Crippen MR) is 95.1 cm³/mol. The van der Waals surface area contributed by atoms with E-state index in [-0.39, 0.29) is 11.8 Å². The highest BCUT2D eigenvalue weighted by Gasteiger charge is 2.29. The van der Waals surface area contributed by atoms with Gasteiger partial charge in [-0.15, -0.1) is 0 Å². The Kier molecular flexibility index (Phi) is 9.68. The summed E-state index contributed by atoms with van der Waals surface area (Å²) in [6.07, 6.45) is 3.21. The molecule has 25 heavy (non-hydrogen) atoms. The molecular weight excluding hydrogens is 322 g/mol. The van der Waals surface area contributed by atoms with Crippen LogP contribution < -0.4 is 10.6 Å². The number of nitriles is 1. The molecule has 0 bridgehead atoms. The van der Waals surface area contributed by atoms with Gasteiger partial charge in [-0.2, -0.15) is 5.26 Å². The van der Waals surface area contributed by atoms with Gasteiger partial charge in [-0.1, -0.05) is 27.7 Å². The van der Waals surface area contributed by atoms with Crippen molar-refractivity contribution in [3.8, 4) is 6.19 Å².